The number of guanidine groups is 1. The molecule has 1 aromatic rings. The number of methoxy groups -OCH3 is 1. The smallest absolute Gasteiger partial charge is 0.191 e. The van der Waals surface area contributed by atoms with Crippen LogP contribution in [-0.4, -0.2) is 45.8 Å². The SMILES string of the molecule is CN=C(NCCCC(C)C)NC1CCN(c2ccccc2OC)C1.I. The maximum absolute atomic E-state index is 5.48. The van der Waals surface area contributed by atoms with Gasteiger partial charge in [0.15, 0.2) is 5.96 Å². The predicted octanol–water partition coefficient (Wildman–Crippen LogP) is 3.49. The van der Waals surface area contributed by atoms with Gasteiger partial charge in [-0.3, -0.25) is 4.99 Å². The Morgan fingerprint density at radius 1 is 1.36 bits per heavy atom. The molecule has 0 saturated carbocycles. The molecule has 1 aliphatic heterocycles. The Bertz CT molecular complexity index is 536. The van der Waals surface area contributed by atoms with Crippen LogP contribution in [0, 0.1) is 5.92 Å². The van der Waals surface area contributed by atoms with Crippen LogP contribution in [0.4, 0.5) is 5.69 Å². The van der Waals surface area contributed by atoms with Crippen molar-refractivity contribution in [3.63, 3.8) is 0 Å². The van der Waals surface area contributed by atoms with E-state index in [1.807, 2.05) is 19.2 Å². The monoisotopic (exact) mass is 460 g/mol. The van der Waals surface area contributed by atoms with Gasteiger partial charge in [-0.1, -0.05) is 26.0 Å². The first-order valence-electron chi connectivity index (χ1n) is 8.99. The lowest BCUT2D eigenvalue weighted by Crippen LogP contribution is -2.44. The summed E-state index contributed by atoms with van der Waals surface area (Å²) in [6, 6.07) is 8.63. The van der Waals surface area contributed by atoms with E-state index in [1.54, 1.807) is 7.11 Å². The van der Waals surface area contributed by atoms with Crippen molar-refractivity contribution >= 4 is 35.6 Å². The van der Waals surface area contributed by atoms with Crippen LogP contribution in [0.1, 0.15) is 33.1 Å². The normalized spacial score (nSPS) is 17.4. The molecule has 0 aromatic heterocycles. The quantitative estimate of drug-likeness (QED) is 0.283. The highest BCUT2D eigenvalue weighted by Gasteiger charge is 2.25. The third-order valence-electron chi connectivity index (χ3n) is 4.43. The Kier molecular flexibility index (Phi) is 10.0. The molecular formula is C19H33IN4O. The van der Waals surface area contributed by atoms with Gasteiger partial charge in [0, 0.05) is 32.7 Å². The Morgan fingerprint density at radius 3 is 2.80 bits per heavy atom. The fourth-order valence-electron chi connectivity index (χ4n) is 3.09. The number of para-hydroxylation sites is 2. The number of aliphatic imine (C=N–C) groups is 1. The molecule has 1 fully saturated rings. The molecule has 2 N–H and O–H groups in total. The summed E-state index contributed by atoms with van der Waals surface area (Å²) in [5.41, 5.74) is 1.17. The molecular weight excluding hydrogens is 427 g/mol. The molecule has 2 rings (SSSR count). The zero-order valence-electron chi connectivity index (χ0n) is 15.9. The van der Waals surface area contributed by atoms with E-state index >= 15 is 0 Å². The first-order chi connectivity index (χ1) is 11.6. The topological polar surface area (TPSA) is 48.9 Å². The zero-order chi connectivity index (χ0) is 17.4. The van der Waals surface area contributed by atoms with E-state index in [2.05, 4.69) is 46.5 Å². The molecule has 1 unspecified atom stereocenters. The molecule has 1 heterocycles. The minimum Gasteiger partial charge on any atom is -0.495 e. The van der Waals surface area contributed by atoms with Gasteiger partial charge in [0.25, 0.3) is 0 Å². The van der Waals surface area contributed by atoms with Gasteiger partial charge in [0.2, 0.25) is 0 Å². The van der Waals surface area contributed by atoms with Gasteiger partial charge in [-0.2, -0.15) is 0 Å². The van der Waals surface area contributed by atoms with Crippen molar-refractivity contribution in [2.75, 3.05) is 38.7 Å². The van der Waals surface area contributed by atoms with Gasteiger partial charge < -0.3 is 20.3 Å². The van der Waals surface area contributed by atoms with Crippen molar-refractivity contribution < 1.29 is 4.74 Å². The van der Waals surface area contributed by atoms with Crippen molar-refractivity contribution in [1.29, 1.82) is 0 Å². The van der Waals surface area contributed by atoms with Crippen molar-refractivity contribution in [2.45, 2.75) is 39.2 Å². The molecule has 1 aliphatic rings. The molecule has 5 nitrogen and oxygen atoms in total. The molecule has 1 atom stereocenters. The van der Waals surface area contributed by atoms with E-state index in [9.17, 15) is 0 Å². The van der Waals surface area contributed by atoms with Crippen LogP contribution in [0.25, 0.3) is 0 Å². The summed E-state index contributed by atoms with van der Waals surface area (Å²) in [5.74, 6) is 2.60. The molecule has 25 heavy (non-hydrogen) atoms. The highest BCUT2D eigenvalue weighted by atomic mass is 127. The van der Waals surface area contributed by atoms with Gasteiger partial charge in [0.05, 0.1) is 12.8 Å². The average molecular weight is 460 g/mol. The number of rotatable bonds is 7. The van der Waals surface area contributed by atoms with E-state index in [1.165, 1.54) is 18.5 Å². The predicted molar refractivity (Wildman–Crippen MR) is 118 cm³/mol. The van der Waals surface area contributed by atoms with Crippen LogP contribution in [0.3, 0.4) is 0 Å². The van der Waals surface area contributed by atoms with E-state index in [0.717, 1.165) is 43.7 Å². The number of halogens is 1. The lowest BCUT2D eigenvalue weighted by Gasteiger charge is -2.22. The number of anilines is 1. The van der Waals surface area contributed by atoms with Crippen LogP contribution in [0.2, 0.25) is 0 Å². The van der Waals surface area contributed by atoms with E-state index in [4.69, 9.17) is 4.74 Å². The van der Waals surface area contributed by atoms with E-state index in [-0.39, 0.29) is 24.0 Å². The molecule has 6 heteroatoms. The van der Waals surface area contributed by atoms with Crippen molar-refractivity contribution in [2.24, 2.45) is 10.9 Å². The molecule has 1 saturated heterocycles. The van der Waals surface area contributed by atoms with Crippen LogP contribution in [0.5, 0.6) is 5.75 Å². The standard InChI is InChI=1S/C19H32N4O.HI/c1-15(2)8-7-12-21-19(20-3)22-16-11-13-23(14-16)17-9-5-6-10-18(17)24-4;/h5-6,9-10,15-16H,7-8,11-14H2,1-4H3,(H2,20,21,22);1H. The van der Waals surface area contributed by atoms with Gasteiger partial charge in [0.1, 0.15) is 5.75 Å². The number of hydrogen-bond donors (Lipinski definition) is 2. The number of nitrogens with zero attached hydrogens (tertiary/aromatic N) is 2. The molecule has 142 valence electrons. The van der Waals surface area contributed by atoms with Crippen molar-refractivity contribution in [3.8, 4) is 5.75 Å². The van der Waals surface area contributed by atoms with Crippen molar-refractivity contribution in [3.05, 3.63) is 24.3 Å². The van der Waals surface area contributed by atoms with E-state index in [0.29, 0.717) is 6.04 Å². The van der Waals surface area contributed by atoms with Crippen LogP contribution < -0.4 is 20.3 Å². The first-order valence-corrected chi connectivity index (χ1v) is 8.99. The third kappa shape index (κ3) is 6.92. The fourth-order valence-corrected chi connectivity index (χ4v) is 3.09. The Morgan fingerprint density at radius 2 is 2.12 bits per heavy atom. The molecule has 0 amide bonds. The molecule has 0 spiro atoms. The second-order valence-electron chi connectivity index (χ2n) is 6.78. The summed E-state index contributed by atoms with van der Waals surface area (Å²) in [6.45, 7) is 7.49. The Balaban J connectivity index is 0.00000312. The number of nitrogens with one attached hydrogen (secondary N) is 2. The Labute approximate surface area is 169 Å². The first kappa shape index (κ1) is 21.9. The average Bonchev–Trinajstić information content (AvgIpc) is 3.05. The minimum atomic E-state index is 0. The number of hydrogen-bond acceptors (Lipinski definition) is 3. The minimum absolute atomic E-state index is 0. The van der Waals surface area contributed by atoms with Crippen LogP contribution in [0.15, 0.2) is 29.3 Å². The van der Waals surface area contributed by atoms with Gasteiger partial charge >= 0.3 is 0 Å². The van der Waals surface area contributed by atoms with Crippen LogP contribution >= 0.6 is 24.0 Å². The van der Waals surface area contributed by atoms with Gasteiger partial charge in [-0.05, 0) is 37.3 Å². The summed E-state index contributed by atoms with van der Waals surface area (Å²) in [4.78, 5) is 6.73. The lowest BCUT2D eigenvalue weighted by atomic mass is 10.1. The number of ether oxygens (including phenoxy) is 1. The largest absolute Gasteiger partial charge is 0.495 e. The highest BCUT2D eigenvalue weighted by molar-refractivity contribution is 14.0. The maximum atomic E-state index is 5.48. The molecule has 0 aliphatic carbocycles. The molecule has 1 aromatic carbocycles. The summed E-state index contributed by atoms with van der Waals surface area (Å²) < 4.78 is 5.48. The lowest BCUT2D eigenvalue weighted by molar-refractivity contribution is 0.415. The second kappa shape index (κ2) is 11.4. The van der Waals surface area contributed by atoms with Crippen molar-refractivity contribution in [1.82, 2.24) is 10.6 Å². The molecule has 0 radical (unpaired) electrons. The highest BCUT2D eigenvalue weighted by Crippen LogP contribution is 2.30. The van der Waals surface area contributed by atoms with E-state index < -0.39 is 0 Å². The zero-order valence-corrected chi connectivity index (χ0v) is 18.2. The van der Waals surface area contributed by atoms with Gasteiger partial charge in [-0.25, -0.2) is 0 Å². The molecule has 0 bridgehead atoms. The summed E-state index contributed by atoms with van der Waals surface area (Å²) in [5, 5.41) is 6.97. The Hall–Kier alpha value is -1.18. The van der Waals surface area contributed by atoms with Crippen LogP contribution in [-0.2, 0) is 0 Å². The third-order valence-corrected chi connectivity index (χ3v) is 4.43. The fraction of sp³-hybridized carbons (Fsp3) is 0.632. The van der Waals surface area contributed by atoms with Gasteiger partial charge in [-0.15, -0.1) is 24.0 Å². The number of benzene rings is 1. The maximum Gasteiger partial charge on any atom is 0.191 e. The second-order valence-corrected chi connectivity index (χ2v) is 6.78. The summed E-state index contributed by atoms with van der Waals surface area (Å²) >= 11 is 0. The summed E-state index contributed by atoms with van der Waals surface area (Å²) in [6.07, 6.45) is 3.52. The summed E-state index contributed by atoms with van der Waals surface area (Å²) in [7, 11) is 3.57.